The van der Waals surface area contributed by atoms with E-state index in [1.54, 1.807) is 10.6 Å². The van der Waals surface area contributed by atoms with Gasteiger partial charge >= 0.3 is 5.82 Å². The zero-order valence-corrected chi connectivity index (χ0v) is 22.1. The average molecular weight is 564 g/mol. The number of nitrogens with two attached hydrogens (primary N) is 1. The van der Waals surface area contributed by atoms with Crippen molar-refractivity contribution in [3.05, 3.63) is 73.7 Å². The third-order valence-corrected chi connectivity index (χ3v) is 7.63. The Balaban J connectivity index is 1.21. The molecule has 1 aliphatic carbocycles. The highest BCUT2D eigenvalue weighted by Gasteiger charge is 2.27. The molecule has 5 rings (SSSR count). The van der Waals surface area contributed by atoms with Gasteiger partial charge in [-0.15, -0.1) is 0 Å². The van der Waals surface area contributed by atoms with Gasteiger partial charge in [-0.3, -0.25) is 9.78 Å². The van der Waals surface area contributed by atoms with Crippen LogP contribution in [-0.2, 0) is 33.5 Å². The van der Waals surface area contributed by atoms with Gasteiger partial charge in [-0.05, 0) is 30.5 Å². The van der Waals surface area contributed by atoms with E-state index < -0.39 is 19.8 Å². The van der Waals surface area contributed by atoms with Gasteiger partial charge in [0.25, 0.3) is 5.56 Å². The van der Waals surface area contributed by atoms with Crippen LogP contribution < -0.4 is 17.1 Å². The number of hydrogen-bond donors (Lipinski definition) is 2. The molecule has 0 saturated heterocycles. The van der Waals surface area contributed by atoms with E-state index in [1.165, 1.54) is 6.33 Å². The van der Waals surface area contributed by atoms with Crippen LogP contribution in [0.4, 0.5) is 5.95 Å². The fourth-order valence-electron chi connectivity index (χ4n) is 4.37. The number of nitrogens with zero attached hydrogens (tertiary/aromatic N) is 3. The normalized spacial score (nSPS) is 15.0. The number of halogens is 1. The maximum Gasteiger partial charge on any atom is 0.519 e. The van der Waals surface area contributed by atoms with Crippen molar-refractivity contribution >= 4 is 37.1 Å². The first-order valence-corrected chi connectivity index (χ1v) is 13.9. The number of rotatable bonds is 12. The van der Waals surface area contributed by atoms with E-state index in [2.05, 4.69) is 15.0 Å². The molecule has 1 saturated carbocycles. The summed E-state index contributed by atoms with van der Waals surface area (Å²) in [4.78, 5) is 34.5. The van der Waals surface area contributed by atoms with Gasteiger partial charge in [0.05, 0.1) is 19.5 Å². The smallest absolute Gasteiger partial charge is 0.395 e. The lowest BCUT2D eigenvalue weighted by Gasteiger charge is -2.18. The number of H-pyrrole nitrogens is 1. The molecular formula is C24H27ClN5O7P. The van der Waals surface area contributed by atoms with Crippen molar-refractivity contribution in [2.24, 2.45) is 0 Å². The van der Waals surface area contributed by atoms with Gasteiger partial charge in [0.1, 0.15) is 13.0 Å². The van der Waals surface area contributed by atoms with Crippen LogP contribution in [-0.4, -0.2) is 32.5 Å². The Morgan fingerprint density at radius 2 is 2.00 bits per heavy atom. The monoisotopic (exact) mass is 563 g/mol. The van der Waals surface area contributed by atoms with Gasteiger partial charge in [0, 0.05) is 17.5 Å². The van der Waals surface area contributed by atoms with Crippen LogP contribution in [0.3, 0.4) is 0 Å². The molecule has 3 N–H and O–H groups in total. The second-order valence-corrected chi connectivity index (χ2v) is 10.7. The fourth-order valence-corrected chi connectivity index (χ4v) is 5.64. The number of nitrogens with one attached hydrogen (secondary N) is 1. The van der Waals surface area contributed by atoms with Crippen molar-refractivity contribution in [2.75, 3.05) is 18.7 Å². The van der Waals surface area contributed by atoms with Crippen LogP contribution in [0, 0.1) is 0 Å². The van der Waals surface area contributed by atoms with Crippen LogP contribution in [0.2, 0.25) is 5.02 Å². The molecular weight excluding hydrogens is 537 g/mol. The highest BCUT2D eigenvalue weighted by atomic mass is 35.5. The summed E-state index contributed by atoms with van der Waals surface area (Å²) in [5, 5.41) is 0.606. The molecule has 14 heteroatoms. The first-order valence-electron chi connectivity index (χ1n) is 12.1. The lowest BCUT2D eigenvalue weighted by atomic mass is 10.0. The van der Waals surface area contributed by atoms with Gasteiger partial charge in [0.15, 0.2) is 31.1 Å². The Kier molecular flexibility index (Phi) is 8.55. The summed E-state index contributed by atoms with van der Waals surface area (Å²) in [6, 6.07) is 7.34. The molecule has 1 unspecified atom stereocenters. The molecule has 12 nitrogen and oxygen atoms in total. The minimum atomic E-state index is -1.53. The Labute approximate surface area is 223 Å². The topological polar surface area (TPSA) is 161 Å². The van der Waals surface area contributed by atoms with Crippen molar-refractivity contribution in [1.29, 1.82) is 0 Å². The molecule has 0 aliphatic heterocycles. The number of ether oxygens (including phenoxy) is 1. The second kappa shape index (κ2) is 12.2. The Morgan fingerprint density at radius 1 is 1.18 bits per heavy atom. The van der Waals surface area contributed by atoms with Gasteiger partial charge in [-0.25, -0.2) is 9.78 Å². The largest absolute Gasteiger partial charge is 0.519 e. The summed E-state index contributed by atoms with van der Waals surface area (Å²) in [5.41, 5.74) is 6.72. The summed E-state index contributed by atoms with van der Waals surface area (Å²) in [6.07, 6.45) is 5.75. The van der Waals surface area contributed by atoms with E-state index in [1.807, 2.05) is 18.2 Å². The summed E-state index contributed by atoms with van der Waals surface area (Å²) in [6.45, 7) is 0.946. The molecule has 4 aromatic rings. The summed E-state index contributed by atoms with van der Waals surface area (Å²) < 4.78 is 30.2. The predicted octanol–water partition coefficient (Wildman–Crippen LogP) is 4.28. The van der Waals surface area contributed by atoms with E-state index >= 15 is 0 Å². The van der Waals surface area contributed by atoms with Gasteiger partial charge in [-0.1, -0.05) is 36.6 Å². The molecule has 1 aromatic carbocycles. The molecule has 0 bridgehead atoms. The van der Waals surface area contributed by atoms with E-state index in [9.17, 15) is 9.59 Å². The van der Waals surface area contributed by atoms with E-state index in [-0.39, 0.29) is 43.6 Å². The Morgan fingerprint density at radius 3 is 2.82 bits per heavy atom. The van der Waals surface area contributed by atoms with Gasteiger partial charge in [0.2, 0.25) is 5.95 Å². The first-order chi connectivity index (χ1) is 18.5. The molecule has 1 aliphatic rings. The number of imidazole rings is 1. The zero-order chi connectivity index (χ0) is 26.5. The molecule has 0 amide bonds. The molecule has 1 fully saturated rings. The number of hydrogen-bond acceptors (Lipinski definition) is 10. The predicted molar refractivity (Wildman–Crippen MR) is 140 cm³/mol. The number of nitrogen functional groups attached to an aromatic ring is 1. The van der Waals surface area contributed by atoms with Crippen molar-refractivity contribution in [3.8, 4) is 0 Å². The third-order valence-electron chi connectivity index (χ3n) is 6.17. The van der Waals surface area contributed by atoms with E-state index in [0.717, 1.165) is 31.2 Å². The summed E-state index contributed by atoms with van der Waals surface area (Å²) >= 11 is 6.09. The lowest BCUT2D eigenvalue weighted by Crippen LogP contribution is -2.13. The molecule has 0 radical (unpaired) electrons. The quantitative estimate of drug-likeness (QED) is 0.188. The molecule has 3 heterocycles. The standard InChI is InChI=1S/C24H27ClN5O7P/c25-17-7-3-4-15(10-17)11-34-38(35-12-18-20(37-24(32)36-18)16-5-1-2-6-16)14-33-9-8-30-13-27-19-21(30)28-23(26)29-22(19)31/h3-4,7,10,13,16H,1-2,5-6,8-9,11-12,14H2,(H3,26,28,29,31). The number of benzene rings is 1. The minimum Gasteiger partial charge on any atom is -0.395 e. The summed E-state index contributed by atoms with van der Waals surface area (Å²) in [5.74, 6) is 0.396. The average Bonchev–Trinajstić information content (AvgIpc) is 3.63. The highest BCUT2D eigenvalue weighted by molar-refractivity contribution is 7.46. The maximum atomic E-state index is 12.0. The Hall–Kier alpha value is -3.02. The van der Waals surface area contributed by atoms with Crippen molar-refractivity contribution in [2.45, 2.75) is 51.4 Å². The Bertz CT molecular complexity index is 1490. The van der Waals surface area contributed by atoms with Gasteiger partial charge in [-0.2, -0.15) is 4.98 Å². The van der Waals surface area contributed by atoms with Crippen LogP contribution in [0.1, 0.15) is 48.7 Å². The maximum absolute atomic E-state index is 12.0. The van der Waals surface area contributed by atoms with Gasteiger partial charge < -0.3 is 32.9 Å². The summed E-state index contributed by atoms with van der Waals surface area (Å²) in [7, 11) is -1.53. The molecule has 202 valence electrons. The molecule has 3 aromatic heterocycles. The second-order valence-electron chi connectivity index (χ2n) is 8.83. The van der Waals surface area contributed by atoms with E-state index in [4.69, 9.17) is 40.0 Å². The zero-order valence-electron chi connectivity index (χ0n) is 20.4. The van der Waals surface area contributed by atoms with Crippen molar-refractivity contribution < 1.29 is 22.6 Å². The molecule has 38 heavy (non-hydrogen) atoms. The van der Waals surface area contributed by atoms with Crippen molar-refractivity contribution in [3.63, 3.8) is 0 Å². The lowest BCUT2D eigenvalue weighted by molar-refractivity contribution is 0.135. The molecule has 0 spiro atoms. The van der Waals surface area contributed by atoms with Crippen LogP contribution >= 0.6 is 20.0 Å². The minimum absolute atomic E-state index is 0.0133. The molecule has 1 atom stereocenters. The van der Waals surface area contributed by atoms with E-state index in [0.29, 0.717) is 28.7 Å². The van der Waals surface area contributed by atoms with Crippen molar-refractivity contribution in [1.82, 2.24) is 19.5 Å². The highest BCUT2D eigenvalue weighted by Crippen LogP contribution is 2.42. The fraction of sp³-hybridized carbons (Fsp3) is 0.417. The first kappa shape index (κ1) is 26.6. The third kappa shape index (κ3) is 6.51. The van der Waals surface area contributed by atoms with Crippen LogP contribution in [0.15, 0.2) is 49.0 Å². The number of aromatic amines is 1. The number of anilines is 1. The van der Waals surface area contributed by atoms with Crippen LogP contribution in [0.25, 0.3) is 11.2 Å². The number of aromatic nitrogens is 4. The SMILES string of the molecule is Nc1nc2c(ncn2CCOCP(OCc2cccc(Cl)c2)OCc2oc(=O)oc2C2CCCC2)c(=O)[nH]1. The number of fused-ring (bicyclic) bond motifs is 1. The van der Waals surface area contributed by atoms with Crippen LogP contribution in [0.5, 0.6) is 0 Å².